The lowest BCUT2D eigenvalue weighted by Crippen LogP contribution is -2.31. The second-order valence-corrected chi connectivity index (χ2v) is 6.56. The summed E-state index contributed by atoms with van der Waals surface area (Å²) in [4.78, 5) is 0. The van der Waals surface area contributed by atoms with Gasteiger partial charge in [-0.2, -0.15) is 0 Å². The molecule has 2 N–H and O–H groups in total. The van der Waals surface area contributed by atoms with Gasteiger partial charge in [0, 0.05) is 23.0 Å². The zero-order valence-electron chi connectivity index (χ0n) is 12.9. The van der Waals surface area contributed by atoms with Crippen LogP contribution in [0.1, 0.15) is 39.3 Å². The van der Waals surface area contributed by atoms with Gasteiger partial charge in [-0.25, -0.2) is 0 Å². The lowest BCUT2D eigenvalue weighted by Gasteiger charge is -2.27. The number of ether oxygens (including phenoxy) is 2. The first kappa shape index (κ1) is 16.9. The third-order valence-corrected chi connectivity index (χ3v) is 5.07. The molecule has 1 aromatic carbocycles. The molecular formula is C16H23Cl2NO2. The number of hydrogen-bond donors (Lipinski definition) is 1. The van der Waals surface area contributed by atoms with Crippen molar-refractivity contribution in [2.45, 2.75) is 45.9 Å². The molecule has 1 saturated heterocycles. The second kappa shape index (κ2) is 6.74. The monoisotopic (exact) mass is 331 g/mol. The van der Waals surface area contributed by atoms with Crippen molar-refractivity contribution in [3.05, 3.63) is 27.7 Å². The second-order valence-electron chi connectivity index (χ2n) is 5.75. The minimum absolute atomic E-state index is 0.103. The fourth-order valence-corrected chi connectivity index (χ4v) is 3.69. The Labute approximate surface area is 136 Å². The van der Waals surface area contributed by atoms with Gasteiger partial charge in [0.2, 0.25) is 0 Å². The Kier molecular flexibility index (Phi) is 5.42. The quantitative estimate of drug-likeness (QED) is 0.886. The van der Waals surface area contributed by atoms with Crippen LogP contribution in [0.25, 0.3) is 0 Å². The number of benzene rings is 1. The Morgan fingerprint density at radius 3 is 2.38 bits per heavy atom. The summed E-state index contributed by atoms with van der Waals surface area (Å²) >= 11 is 12.6. The Morgan fingerprint density at radius 2 is 1.86 bits per heavy atom. The summed E-state index contributed by atoms with van der Waals surface area (Å²) in [6.07, 6.45) is 0.305. The highest BCUT2D eigenvalue weighted by Crippen LogP contribution is 2.43. The van der Waals surface area contributed by atoms with Crippen LogP contribution in [-0.4, -0.2) is 18.8 Å². The van der Waals surface area contributed by atoms with E-state index in [1.54, 1.807) is 6.07 Å². The Bertz CT molecular complexity index is 509. The molecule has 5 unspecified atom stereocenters. The molecule has 0 spiro atoms. The molecule has 5 heteroatoms. The Balaban J connectivity index is 2.31. The lowest BCUT2D eigenvalue weighted by molar-refractivity contribution is 0.0489. The van der Waals surface area contributed by atoms with Gasteiger partial charge in [0.25, 0.3) is 0 Å². The van der Waals surface area contributed by atoms with Gasteiger partial charge in [-0.1, -0.05) is 30.1 Å². The van der Waals surface area contributed by atoms with Crippen LogP contribution in [0.5, 0.6) is 5.75 Å². The van der Waals surface area contributed by atoms with Crippen LogP contribution in [0.3, 0.4) is 0 Å². The molecular weight excluding hydrogens is 309 g/mol. The van der Waals surface area contributed by atoms with E-state index in [0.717, 1.165) is 5.56 Å². The maximum atomic E-state index is 6.47. The predicted molar refractivity (Wildman–Crippen MR) is 87.2 cm³/mol. The zero-order valence-corrected chi connectivity index (χ0v) is 14.4. The molecule has 1 heterocycles. The number of rotatable bonds is 4. The molecule has 1 aliphatic heterocycles. The molecule has 1 aromatic rings. The van der Waals surface area contributed by atoms with Gasteiger partial charge in [-0.15, -0.1) is 0 Å². The number of hydrogen-bond acceptors (Lipinski definition) is 3. The van der Waals surface area contributed by atoms with E-state index < -0.39 is 0 Å². The number of nitrogens with two attached hydrogens (primary N) is 1. The molecule has 1 aliphatic rings. The van der Waals surface area contributed by atoms with Gasteiger partial charge in [0.15, 0.2) is 0 Å². The van der Waals surface area contributed by atoms with Gasteiger partial charge in [-0.3, -0.25) is 0 Å². The summed E-state index contributed by atoms with van der Waals surface area (Å²) in [5.41, 5.74) is 7.33. The van der Waals surface area contributed by atoms with E-state index in [1.807, 2.05) is 13.0 Å². The number of halogens is 2. The molecule has 118 valence electrons. The van der Waals surface area contributed by atoms with E-state index in [1.165, 1.54) is 0 Å². The molecule has 0 aromatic heterocycles. The van der Waals surface area contributed by atoms with Gasteiger partial charge < -0.3 is 15.2 Å². The summed E-state index contributed by atoms with van der Waals surface area (Å²) < 4.78 is 11.3. The van der Waals surface area contributed by atoms with E-state index in [2.05, 4.69) is 20.8 Å². The summed E-state index contributed by atoms with van der Waals surface area (Å²) in [7, 11) is 0. The smallest absolute Gasteiger partial charge is 0.139 e. The molecule has 2 rings (SSSR count). The third-order valence-electron chi connectivity index (χ3n) is 4.44. The molecule has 3 nitrogen and oxygen atoms in total. The van der Waals surface area contributed by atoms with E-state index >= 15 is 0 Å². The molecule has 0 radical (unpaired) electrons. The van der Waals surface area contributed by atoms with E-state index in [4.69, 9.17) is 38.4 Å². The Morgan fingerprint density at radius 1 is 1.19 bits per heavy atom. The van der Waals surface area contributed by atoms with Crippen molar-refractivity contribution in [1.29, 1.82) is 0 Å². The fraction of sp³-hybridized carbons (Fsp3) is 0.625. The van der Waals surface area contributed by atoms with Crippen molar-refractivity contribution in [3.8, 4) is 5.75 Å². The first-order valence-corrected chi connectivity index (χ1v) is 8.15. The molecule has 5 atom stereocenters. The molecule has 0 bridgehead atoms. The zero-order chi connectivity index (χ0) is 15.7. The standard InChI is InChI=1S/C16H23Cl2NO2/c1-5-20-14-7-12(17)11(6-13(14)18)16(19)15-8(2)9(3)21-10(15)4/h6-10,15-16H,5,19H2,1-4H3. The van der Waals surface area contributed by atoms with Crippen molar-refractivity contribution in [2.75, 3.05) is 6.61 Å². The van der Waals surface area contributed by atoms with E-state index in [-0.39, 0.29) is 24.2 Å². The maximum absolute atomic E-state index is 6.47. The van der Waals surface area contributed by atoms with Gasteiger partial charge in [-0.05, 0) is 38.3 Å². The van der Waals surface area contributed by atoms with Crippen LogP contribution in [0.2, 0.25) is 10.0 Å². The topological polar surface area (TPSA) is 44.5 Å². The summed E-state index contributed by atoms with van der Waals surface area (Å²) in [5, 5.41) is 1.13. The van der Waals surface area contributed by atoms with Crippen molar-refractivity contribution >= 4 is 23.2 Å². The highest BCUT2D eigenvalue weighted by atomic mass is 35.5. The maximum Gasteiger partial charge on any atom is 0.139 e. The van der Waals surface area contributed by atoms with Gasteiger partial charge in [0.05, 0.1) is 23.8 Å². The van der Waals surface area contributed by atoms with E-state index in [0.29, 0.717) is 28.3 Å². The average molecular weight is 332 g/mol. The fourth-order valence-electron chi connectivity index (χ4n) is 3.19. The van der Waals surface area contributed by atoms with Crippen molar-refractivity contribution in [3.63, 3.8) is 0 Å². The molecule has 0 amide bonds. The molecule has 0 saturated carbocycles. The summed E-state index contributed by atoms with van der Waals surface area (Å²) in [6.45, 7) is 8.77. The predicted octanol–water partition coefficient (Wildman–Crippen LogP) is 4.45. The van der Waals surface area contributed by atoms with Gasteiger partial charge >= 0.3 is 0 Å². The van der Waals surface area contributed by atoms with Crippen LogP contribution < -0.4 is 10.5 Å². The van der Waals surface area contributed by atoms with Gasteiger partial charge in [0.1, 0.15) is 5.75 Å². The van der Waals surface area contributed by atoms with Crippen LogP contribution >= 0.6 is 23.2 Å². The average Bonchev–Trinajstić information content (AvgIpc) is 2.67. The molecule has 1 fully saturated rings. The SMILES string of the molecule is CCOc1cc(Cl)c(C(N)C2C(C)OC(C)C2C)cc1Cl. The van der Waals surface area contributed by atoms with E-state index in [9.17, 15) is 0 Å². The summed E-state index contributed by atoms with van der Waals surface area (Å²) in [6, 6.07) is 3.36. The van der Waals surface area contributed by atoms with Crippen molar-refractivity contribution in [1.82, 2.24) is 0 Å². The Hall–Kier alpha value is -0.480. The van der Waals surface area contributed by atoms with Crippen molar-refractivity contribution < 1.29 is 9.47 Å². The molecule has 21 heavy (non-hydrogen) atoms. The van der Waals surface area contributed by atoms with Crippen LogP contribution in [0.4, 0.5) is 0 Å². The van der Waals surface area contributed by atoms with Crippen LogP contribution in [0, 0.1) is 11.8 Å². The lowest BCUT2D eigenvalue weighted by atomic mass is 9.81. The highest BCUT2D eigenvalue weighted by molar-refractivity contribution is 6.34. The van der Waals surface area contributed by atoms with Crippen molar-refractivity contribution in [2.24, 2.45) is 17.6 Å². The van der Waals surface area contributed by atoms with Crippen LogP contribution in [-0.2, 0) is 4.74 Å². The highest BCUT2D eigenvalue weighted by Gasteiger charge is 2.41. The normalized spacial score (nSPS) is 30.4. The summed E-state index contributed by atoms with van der Waals surface area (Å²) in [5.74, 6) is 1.18. The minimum Gasteiger partial charge on any atom is -0.492 e. The molecule has 0 aliphatic carbocycles. The first-order chi connectivity index (χ1) is 9.86. The largest absolute Gasteiger partial charge is 0.492 e. The third kappa shape index (κ3) is 3.31. The van der Waals surface area contributed by atoms with Crippen LogP contribution in [0.15, 0.2) is 12.1 Å². The minimum atomic E-state index is -0.208. The first-order valence-electron chi connectivity index (χ1n) is 7.39.